The van der Waals surface area contributed by atoms with Gasteiger partial charge in [-0.15, -0.1) is 0 Å². The number of halogens is 4. The zero-order valence-electron chi connectivity index (χ0n) is 8.18. The second-order valence-corrected chi connectivity index (χ2v) is 3.54. The molecule has 1 heterocycles. The van der Waals surface area contributed by atoms with Crippen LogP contribution in [0, 0.1) is 11.3 Å². The predicted molar refractivity (Wildman–Crippen MR) is 56.5 cm³/mol. The summed E-state index contributed by atoms with van der Waals surface area (Å²) in [5, 5.41) is 8.45. The van der Waals surface area contributed by atoms with Gasteiger partial charge in [0.1, 0.15) is 11.8 Å². The number of aromatic nitrogens is 1. The molecular weight excluding hydrogens is 303 g/mol. The number of nitrogen functional groups attached to an aromatic ring is 1. The number of hydrogen-bond donors (Lipinski definition) is 1. The van der Waals surface area contributed by atoms with Gasteiger partial charge in [-0.2, -0.15) is 18.4 Å². The molecule has 0 unspecified atom stereocenters. The molecule has 1 aromatic rings. The Hall–Kier alpha value is -1.62. The molecule has 0 spiro atoms. The van der Waals surface area contributed by atoms with Crippen molar-refractivity contribution < 1.29 is 18.0 Å². The maximum atomic E-state index is 12.5. The Morgan fingerprint density at radius 1 is 1.59 bits per heavy atom. The molecule has 0 aliphatic rings. The molecule has 90 valence electrons. The number of nitrogens with zero attached hydrogens (tertiary/aromatic N) is 2. The van der Waals surface area contributed by atoms with E-state index in [1.54, 1.807) is 0 Å². The molecule has 8 heteroatoms. The summed E-state index contributed by atoms with van der Waals surface area (Å²) in [6.07, 6.45) is -4.81. The van der Waals surface area contributed by atoms with E-state index >= 15 is 0 Å². The van der Waals surface area contributed by atoms with Gasteiger partial charge in [0, 0.05) is 0 Å². The molecule has 0 aliphatic heterocycles. The number of carbonyl (C=O) groups is 1. The quantitative estimate of drug-likeness (QED) is 0.670. The van der Waals surface area contributed by atoms with Gasteiger partial charge in [0.15, 0.2) is 11.5 Å². The molecule has 17 heavy (non-hydrogen) atoms. The third-order valence-corrected chi connectivity index (χ3v) is 2.36. The van der Waals surface area contributed by atoms with Crippen molar-refractivity contribution >= 4 is 27.4 Å². The first-order valence-electron chi connectivity index (χ1n) is 4.18. The summed E-state index contributed by atoms with van der Waals surface area (Å²) in [6, 6.07) is 2.43. The van der Waals surface area contributed by atoms with Crippen LogP contribution in [0.1, 0.15) is 21.7 Å². The topological polar surface area (TPSA) is 79.8 Å². The Labute approximate surface area is 102 Å². The van der Waals surface area contributed by atoms with Gasteiger partial charge in [-0.05, 0) is 6.07 Å². The minimum Gasteiger partial charge on any atom is -0.396 e. The highest BCUT2D eigenvalue weighted by molar-refractivity contribution is 9.09. The molecule has 1 rings (SSSR count). The van der Waals surface area contributed by atoms with Gasteiger partial charge in [0.2, 0.25) is 0 Å². The van der Waals surface area contributed by atoms with E-state index in [2.05, 4.69) is 20.9 Å². The van der Waals surface area contributed by atoms with E-state index in [9.17, 15) is 18.0 Å². The van der Waals surface area contributed by atoms with Crippen LogP contribution in [0.3, 0.4) is 0 Å². The van der Waals surface area contributed by atoms with Gasteiger partial charge in [-0.1, -0.05) is 15.9 Å². The number of Topliss-reactive ketones (excluding diaryl/α,β-unsaturated/α-hetero) is 1. The van der Waals surface area contributed by atoms with Crippen LogP contribution in [0.25, 0.3) is 0 Å². The van der Waals surface area contributed by atoms with Crippen molar-refractivity contribution in [2.45, 2.75) is 6.18 Å². The molecule has 0 bridgehead atoms. The highest BCUT2D eigenvalue weighted by atomic mass is 79.9. The van der Waals surface area contributed by atoms with E-state index < -0.39 is 34.6 Å². The van der Waals surface area contributed by atoms with Crippen molar-refractivity contribution in [3.8, 4) is 6.07 Å². The van der Waals surface area contributed by atoms with Gasteiger partial charge in [-0.3, -0.25) is 4.79 Å². The molecule has 0 atom stereocenters. The molecule has 0 aliphatic carbocycles. The zero-order valence-corrected chi connectivity index (χ0v) is 9.76. The number of pyridine rings is 1. The van der Waals surface area contributed by atoms with Crippen molar-refractivity contribution in [3.63, 3.8) is 0 Å². The number of nitrogens with two attached hydrogens (primary N) is 1. The van der Waals surface area contributed by atoms with Crippen LogP contribution in [0.5, 0.6) is 0 Å². The van der Waals surface area contributed by atoms with E-state index in [-0.39, 0.29) is 5.33 Å². The summed E-state index contributed by atoms with van der Waals surface area (Å²) in [5.74, 6) is -0.660. The smallest absolute Gasteiger partial charge is 0.396 e. The molecular formula is C9H5BrF3N3O. The van der Waals surface area contributed by atoms with Crippen LogP contribution < -0.4 is 5.73 Å². The standard InChI is InChI=1S/C9H5BrF3N3O/c10-2-6(17)5-1-4(3-14)7(15)8(16-5)9(11,12)13/h1H,2,15H2. The average molecular weight is 308 g/mol. The summed E-state index contributed by atoms with van der Waals surface area (Å²) in [7, 11) is 0. The monoisotopic (exact) mass is 307 g/mol. The van der Waals surface area contributed by atoms with Crippen molar-refractivity contribution in [1.82, 2.24) is 4.98 Å². The van der Waals surface area contributed by atoms with Gasteiger partial charge < -0.3 is 5.73 Å². The van der Waals surface area contributed by atoms with Crippen molar-refractivity contribution in [3.05, 3.63) is 23.0 Å². The van der Waals surface area contributed by atoms with Crippen molar-refractivity contribution in [2.24, 2.45) is 0 Å². The molecule has 0 amide bonds. The Morgan fingerprint density at radius 2 is 2.18 bits per heavy atom. The number of ketones is 1. The molecule has 0 fully saturated rings. The van der Waals surface area contributed by atoms with E-state index in [1.165, 1.54) is 6.07 Å². The minimum absolute atomic E-state index is 0.188. The number of hydrogen-bond acceptors (Lipinski definition) is 4. The van der Waals surface area contributed by atoms with E-state index in [1.807, 2.05) is 0 Å². The second-order valence-electron chi connectivity index (χ2n) is 2.98. The fourth-order valence-corrected chi connectivity index (χ4v) is 1.36. The van der Waals surface area contributed by atoms with Crippen molar-refractivity contribution in [2.75, 3.05) is 11.1 Å². The molecule has 0 radical (unpaired) electrons. The second kappa shape index (κ2) is 4.71. The van der Waals surface area contributed by atoms with Crippen LogP contribution >= 0.6 is 15.9 Å². The fraction of sp³-hybridized carbons (Fsp3) is 0.222. The molecule has 1 aromatic heterocycles. The van der Waals surface area contributed by atoms with Crippen LogP contribution in [0.15, 0.2) is 6.07 Å². The number of alkyl halides is 4. The maximum absolute atomic E-state index is 12.5. The molecule has 2 N–H and O–H groups in total. The van der Waals surface area contributed by atoms with Gasteiger partial charge in [0.25, 0.3) is 0 Å². The Balaban J connectivity index is 3.51. The van der Waals surface area contributed by atoms with Crippen LogP contribution in [-0.2, 0) is 6.18 Å². The van der Waals surface area contributed by atoms with Gasteiger partial charge in [-0.25, -0.2) is 4.98 Å². The fourth-order valence-electron chi connectivity index (χ4n) is 1.07. The van der Waals surface area contributed by atoms with E-state index in [0.29, 0.717) is 0 Å². The third kappa shape index (κ3) is 2.74. The van der Waals surface area contributed by atoms with Crippen LogP contribution in [0.2, 0.25) is 0 Å². The number of rotatable bonds is 2. The third-order valence-electron chi connectivity index (χ3n) is 1.85. The van der Waals surface area contributed by atoms with Crippen molar-refractivity contribution in [1.29, 1.82) is 5.26 Å². The highest BCUT2D eigenvalue weighted by Crippen LogP contribution is 2.33. The van der Waals surface area contributed by atoms with Gasteiger partial charge >= 0.3 is 6.18 Å². The lowest BCUT2D eigenvalue weighted by Gasteiger charge is -2.11. The number of nitriles is 1. The molecule has 0 saturated carbocycles. The van der Waals surface area contributed by atoms with Crippen LogP contribution in [0.4, 0.5) is 18.9 Å². The predicted octanol–water partition coefficient (Wildman–Crippen LogP) is 2.13. The molecule has 0 saturated heterocycles. The lowest BCUT2D eigenvalue weighted by Crippen LogP contribution is -2.16. The van der Waals surface area contributed by atoms with Gasteiger partial charge in [0.05, 0.1) is 16.6 Å². The highest BCUT2D eigenvalue weighted by Gasteiger charge is 2.37. The summed E-state index contributed by atoms with van der Waals surface area (Å²) >= 11 is 2.81. The number of anilines is 1. The van der Waals surface area contributed by atoms with E-state index in [4.69, 9.17) is 11.0 Å². The Morgan fingerprint density at radius 3 is 2.59 bits per heavy atom. The minimum atomic E-state index is -4.81. The first kappa shape index (κ1) is 13.4. The first-order valence-corrected chi connectivity index (χ1v) is 5.30. The normalized spacial score (nSPS) is 11.0. The van der Waals surface area contributed by atoms with Crippen LogP contribution in [-0.4, -0.2) is 16.1 Å². The Bertz CT molecular complexity index is 507. The summed E-state index contributed by atoms with van der Waals surface area (Å²) in [6.45, 7) is 0. The SMILES string of the molecule is N#Cc1cc(C(=O)CBr)nc(C(F)(F)F)c1N. The average Bonchev–Trinajstić information content (AvgIpc) is 2.26. The lowest BCUT2D eigenvalue weighted by atomic mass is 10.1. The largest absolute Gasteiger partial charge is 0.435 e. The Kier molecular flexibility index (Phi) is 3.72. The zero-order chi connectivity index (χ0) is 13.2. The molecule has 0 aromatic carbocycles. The number of carbonyl (C=O) groups excluding carboxylic acids is 1. The summed E-state index contributed by atoms with van der Waals surface area (Å²) < 4.78 is 37.6. The first-order chi connectivity index (χ1) is 7.81. The molecule has 4 nitrogen and oxygen atoms in total. The van der Waals surface area contributed by atoms with E-state index in [0.717, 1.165) is 6.07 Å². The maximum Gasteiger partial charge on any atom is 0.435 e. The summed E-state index contributed by atoms with van der Waals surface area (Å²) in [4.78, 5) is 14.4. The lowest BCUT2D eigenvalue weighted by molar-refractivity contribution is -0.140. The summed E-state index contributed by atoms with van der Waals surface area (Å²) in [5.41, 5.74) is 2.11.